The van der Waals surface area contributed by atoms with Gasteiger partial charge in [0.05, 0.1) is 22.0 Å². The highest BCUT2D eigenvalue weighted by Gasteiger charge is 2.28. The number of thiazole rings is 1. The van der Waals surface area contributed by atoms with Gasteiger partial charge < -0.3 is 4.90 Å². The SMILES string of the molecule is CCc1nccc(-c2sc(N3CCCCC3)nc2-c2cccc(NS(=O)(=O)c3c(F)ccc(C)c3F)c2F)n1. The summed E-state index contributed by atoms with van der Waals surface area (Å²) in [6.07, 6.45) is 5.42. The quantitative estimate of drug-likeness (QED) is 0.277. The van der Waals surface area contributed by atoms with Gasteiger partial charge in [0.2, 0.25) is 0 Å². The predicted molar refractivity (Wildman–Crippen MR) is 146 cm³/mol. The van der Waals surface area contributed by atoms with E-state index < -0.39 is 38.1 Å². The third-order valence-corrected chi connectivity index (χ3v) is 9.04. The summed E-state index contributed by atoms with van der Waals surface area (Å²) in [7, 11) is -4.79. The number of hydrogen-bond acceptors (Lipinski definition) is 7. The van der Waals surface area contributed by atoms with Crippen LogP contribution in [0.25, 0.3) is 21.8 Å². The first-order valence-corrected chi connectivity index (χ1v) is 14.8. The fraction of sp³-hybridized carbons (Fsp3) is 0.296. The fourth-order valence-electron chi connectivity index (χ4n) is 4.45. The maximum Gasteiger partial charge on any atom is 0.267 e. The molecule has 0 radical (unpaired) electrons. The van der Waals surface area contributed by atoms with E-state index in [-0.39, 0.29) is 11.1 Å². The third-order valence-electron chi connectivity index (χ3n) is 6.51. The predicted octanol–water partition coefficient (Wildman–Crippen LogP) is 6.35. The van der Waals surface area contributed by atoms with Crippen LogP contribution >= 0.6 is 11.3 Å². The second-order valence-electron chi connectivity index (χ2n) is 9.21. The van der Waals surface area contributed by atoms with E-state index >= 15 is 4.39 Å². The van der Waals surface area contributed by atoms with E-state index in [0.29, 0.717) is 33.6 Å². The summed E-state index contributed by atoms with van der Waals surface area (Å²) in [6.45, 7) is 4.90. The van der Waals surface area contributed by atoms with Gasteiger partial charge in [-0.3, -0.25) is 4.72 Å². The maximum absolute atomic E-state index is 16.0. The van der Waals surface area contributed by atoms with E-state index in [9.17, 15) is 17.2 Å². The molecule has 204 valence electrons. The van der Waals surface area contributed by atoms with Crippen molar-refractivity contribution in [2.45, 2.75) is 44.4 Å². The molecule has 12 heteroatoms. The molecule has 0 spiro atoms. The number of nitrogens with zero attached hydrogens (tertiary/aromatic N) is 4. The van der Waals surface area contributed by atoms with Crippen LogP contribution in [0, 0.1) is 24.4 Å². The standard InChI is InChI=1S/C27H26F3N5O2S2/c1-3-21-31-13-12-20(32-21)25-24(33-27(38-25)35-14-5-4-6-15-35)17-8-7-9-19(23(17)30)34-39(36,37)26-18(28)11-10-16(2)22(26)29/h7-13,34H,3-6,14-15H2,1-2H3. The summed E-state index contributed by atoms with van der Waals surface area (Å²) in [5.41, 5.74) is 0.397. The first-order chi connectivity index (χ1) is 18.7. The third kappa shape index (κ3) is 5.35. The van der Waals surface area contributed by atoms with E-state index in [1.165, 1.54) is 36.5 Å². The van der Waals surface area contributed by atoms with E-state index in [4.69, 9.17) is 4.98 Å². The van der Waals surface area contributed by atoms with Crippen LogP contribution in [-0.2, 0) is 16.4 Å². The van der Waals surface area contributed by atoms with Crippen molar-refractivity contribution in [2.24, 2.45) is 0 Å². The molecule has 7 nitrogen and oxygen atoms in total. The lowest BCUT2D eigenvalue weighted by Gasteiger charge is -2.25. The zero-order valence-corrected chi connectivity index (χ0v) is 23.0. The van der Waals surface area contributed by atoms with Gasteiger partial charge >= 0.3 is 0 Å². The van der Waals surface area contributed by atoms with Crippen molar-refractivity contribution < 1.29 is 21.6 Å². The van der Waals surface area contributed by atoms with Crippen molar-refractivity contribution in [1.82, 2.24) is 15.0 Å². The molecule has 2 aromatic carbocycles. The Morgan fingerprint density at radius 2 is 1.77 bits per heavy atom. The fourth-order valence-corrected chi connectivity index (χ4v) is 6.82. The Kier molecular flexibility index (Phi) is 7.59. The average molecular weight is 574 g/mol. The van der Waals surface area contributed by atoms with Crippen LogP contribution in [0.15, 0.2) is 47.5 Å². The van der Waals surface area contributed by atoms with E-state index in [2.05, 4.69) is 14.9 Å². The Morgan fingerprint density at radius 1 is 1.00 bits per heavy atom. The lowest BCUT2D eigenvalue weighted by atomic mass is 10.1. The van der Waals surface area contributed by atoms with Crippen LogP contribution in [0.4, 0.5) is 24.0 Å². The number of rotatable bonds is 7. The Hall–Kier alpha value is -3.51. The monoisotopic (exact) mass is 573 g/mol. The van der Waals surface area contributed by atoms with Crippen LogP contribution < -0.4 is 9.62 Å². The molecule has 1 saturated heterocycles. The minimum absolute atomic E-state index is 0.0338. The lowest BCUT2D eigenvalue weighted by molar-refractivity contribution is 0.516. The lowest BCUT2D eigenvalue weighted by Crippen LogP contribution is -2.29. The molecule has 0 aliphatic carbocycles. The zero-order chi connectivity index (χ0) is 27.7. The van der Waals surface area contributed by atoms with Gasteiger partial charge in [-0.2, -0.15) is 0 Å². The molecule has 0 amide bonds. The van der Waals surface area contributed by atoms with Crippen molar-refractivity contribution in [1.29, 1.82) is 0 Å². The summed E-state index contributed by atoms with van der Waals surface area (Å²) in [4.78, 5) is 15.2. The molecule has 0 saturated carbocycles. The highest BCUT2D eigenvalue weighted by Crippen LogP contribution is 2.42. The maximum atomic E-state index is 16.0. The summed E-state index contributed by atoms with van der Waals surface area (Å²) in [5.74, 6) is -2.81. The molecule has 39 heavy (non-hydrogen) atoms. The number of halogens is 3. The largest absolute Gasteiger partial charge is 0.348 e. The van der Waals surface area contributed by atoms with Gasteiger partial charge in [-0.1, -0.05) is 30.4 Å². The number of benzene rings is 2. The molecule has 0 unspecified atom stereocenters. The summed E-state index contributed by atoms with van der Waals surface area (Å²) in [5, 5.41) is 0.714. The molecule has 2 aromatic heterocycles. The number of anilines is 2. The smallest absolute Gasteiger partial charge is 0.267 e. The van der Waals surface area contributed by atoms with Crippen LogP contribution in [0.1, 0.15) is 37.6 Å². The zero-order valence-electron chi connectivity index (χ0n) is 21.3. The van der Waals surface area contributed by atoms with Crippen molar-refractivity contribution in [3.63, 3.8) is 0 Å². The minimum Gasteiger partial charge on any atom is -0.348 e. The van der Waals surface area contributed by atoms with Crippen molar-refractivity contribution in [2.75, 3.05) is 22.7 Å². The summed E-state index contributed by atoms with van der Waals surface area (Å²) in [6, 6.07) is 7.85. The topological polar surface area (TPSA) is 88.1 Å². The Morgan fingerprint density at radius 3 is 2.51 bits per heavy atom. The Balaban J connectivity index is 1.61. The van der Waals surface area contributed by atoms with Crippen LogP contribution in [0.2, 0.25) is 0 Å². The van der Waals surface area contributed by atoms with Crippen molar-refractivity contribution in [3.05, 3.63) is 71.4 Å². The highest BCUT2D eigenvalue weighted by atomic mass is 32.2. The highest BCUT2D eigenvalue weighted by molar-refractivity contribution is 7.92. The molecule has 4 aromatic rings. The van der Waals surface area contributed by atoms with Crippen molar-refractivity contribution >= 4 is 32.2 Å². The Labute approximate surface area is 228 Å². The second-order valence-corrected chi connectivity index (χ2v) is 11.8. The Bertz CT molecular complexity index is 1640. The van der Waals surface area contributed by atoms with Crippen LogP contribution in [0.3, 0.4) is 0 Å². The van der Waals surface area contributed by atoms with E-state index in [0.717, 1.165) is 44.5 Å². The summed E-state index contributed by atoms with van der Waals surface area (Å²) >= 11 is 1.38. The van der Waals surface area contributed by atoms with Gasteiger partial charge in [-0.25, -0.2) is 36.5 Å². The average Bonchev–Trinajstić information content (AvgIpc) is 3.38. The number of nitrogens with one attached hydrogen (secondary N) is 1. The molecule has 0 bridgehead atoms. The number of hydrogen-bond donors (Lipinski definition) is 1. The van der Waals surface area contributed by atoms with Gasteiger partial charge in [-0.15, -0.1) is 0 Å². The van der Waals surface area contributed by atoms with Crippen LogP contribution in [-0.4, -0.2) is 36.5 Å². The number of aryl methyl sites for hydroxylation is 2. The van der Waals surface area contributed by atoms with Gasteiger partial charge in [-0.05, 0) is 56.0 Å². The van der Waals surface area contributed by atoms with Gasteiger partial charge in [0.1, 0.15) is 17.5 Å². The molecular formula is C27H26F3N5O2S2. The van der Waals surface area contributed by atoms with E-state index in [1.54, 1.807) is 12.3 Å². The molecule has 0 atom stereocenters. The number of piperidine rings is 1. The minimum atomic E-state index is -4.79. The first kappa shape index (κ1) is 27.1. The van der Waals surface area contributed by atoms with Gasteiger partial charge in [0.15, 0.2) is 15.8 Å². The molecule has 1 aliphatic rings. The molecule has 5 rings (SSSR count). The molecular weight excluding hydrogens is 547 g/mol. The first-order valence-electron chi connectivity index (χ1n) is 12.5. The molecule has 1 aliphatic heterocycles. The van der Waals surface area contributed by atoms with Crippen LogP contribution in [0.5, 0.6) is 0 Å². The molecule has 1 fully saturated rings. The molecule has 1 N–H and O–H groups in total. The van der Waals surface area contributed by atoms with Gasteiger partial charge in [0.25, 0.3) is 10.0 Å². The summed E-state index contributed by atoms with van der Waals surface area (Å²) < 4.78 is 72.9. The van der Waals surface area contributed by atoms with Crippen molar-refractivity contribution in [3.8, 4) is 21.8 Å². The van der Waals surface area contributed by atoms with Gasteiger partial charge in [0, 0.05) is 31.3 Å². The van der Waals surface area contributed by atoms with E-state index in [1.807, 2.05) is 11.6 Å². The normalized spacial score (nSPS) is 14.0. The molecule has 3 heterocycles. The number of aromatic nitrogens is 3. The second kappa shape index (κ2) is 10.9. The number of sulfonamides is 1.